The second-order valence-electron chi connectivity index (χ2n) is 5.22. The van der Waals surface area contributed by atoms with E-state index in [1.807, 2.05) is 0 Å². The molecule has 0 amide bonds. The molecule has 0 saturated carbocycles. The molecule has 0 aromatic heterocycles. The molecule has 0 N–H and O–H groups in total. The molecular weight excluding hydrogens is 172 g/mol. The van der Waals surface area contributed by atoms with Gasteiger partial charge in [0.15, 0.2) is 0 Å². The van der Waals surface area contributed by atoms with Crippen molar-refractivity contribution in [3.8, 4) is 5.75 Å². The Balaban J connectivity index is 2.45. The number of hydrogen-bond acceptors (Lipinski definition) is 1. The van der Waals surface area contributed by atoms with Crippen LogP contribution < -0.4 is 4.74 Å². The first-order valence-corrected chi connectivity index (χ1v) is 5.22. The van der Waals surface area contributed by atoms with Crippen molar-refractivity contribution in [2.24, 2.45) is 5.41 Å². The minimum Gasteiger partial charge on any atom is -0.492 e. The summed E-state index contributed by atoms with van der Waals surface area (Å²) in [5.41, 5.74) is 2.94. The maximum Gasteiger partial charge on any atom is 0.125 e. The lowest BCUT2D eigenvalue weighted by molar-refractivity contribution is 0.242. The van der Waals surface area contributed by atoms with Crippen LogP contribution in [0.1, 0.15) is 37.8 Å². The molecule has 76 valence electrons. The molecule has 1 aliphatic heterocycles. The lowest BCUT2D eigenvalue weighted by atomic mass is 9.77. The monoisotopic (exact) mass is 190 g/mol. The van der Waals surface area contributed by atoms with E-state index < -0.39 is 0 Å². The van der Waals surface area contributed by atoms with Crippen molar-refractivity contribution in [1.82, 2.24) is 0 Å². The van der Waals surface area contributed by atoms with E-state index in [0.29, 0.717) is 11.3 Å². The zero-order valence-electron chi connectivity index (χ0n) is 9.42. The molecule has 1 atom stereocenters. The van der Waals surface area contributed by atoms with Gasteiger partial charge in [0.25, 0.3) is 0 Å². The van der Waals surface area contributed by atoms with Gasteiger partial charge in [-0.1, -0.05) is 39.0 Å². The third-order valence-electron chi connectivity index (χ3n) is 3.06. The van der Waals surface area contributed by atoms with E-state index in [0.717, 1.165) is 12.4 Å². The van der Waals surface area contributed by atoms with Crippen molar-refractivity contribution >= 4 is 0 Å². The highest BCUT2D eigenvalue weighted by atomic mass is 16.5. The highest BCUT2D eigenvalue weighted by Gasteiger charge is 2.34. The number of benzene rings is 1. The normalized spacial score (nSPS) is 20.4. The van der Waals surface area contributed by atoms with Crippen LogP contribution in [0.25, 0.3) is 0 Å². The van der Waals surface area contributed by atoms with Crippen molar-refractivity contribution in [2.75, 3.05) is 6.61 Å². The lowest BCUT2D eigenvalue weighted by Crippen LogP contribution is -2.19. The second kappa shape index (κ2) is 3.01. The van der Waals surface area contributed by atoms with Crippen LogP contribution in [-0.2, 0) is 0 Å². The van der Waals surface area contributed by atoms with E-state index >= 15 is 0 Å². The molecule has 0 bridgehead atoms. The van der Waals surface area contributed by atoms with Crippen LogP contribution in [0, 0.1) is 12.3 Å². The third kappa shape index (κ3) is 1.41. The number of rotatable bonds is 0. The van der Waals surface area contributed by atoms with Gasteiger partial charge in [0.2, 0.25) is 0 Å². The van der Waals surface area contributed by atoms with Gasteiger partial charge < -0.3 is 4.74 Å². The van der Waals surface area contributed by atoms with Crippen molar-refractivity contribution in [2.45, 2.75) is 33.6 Å². The number of para-hydroxylation sites is 1. The lowest BCUT2D eigenvalue weighted by Gasteiger charge is -2.25. The van der Waals surface area contributed by atoms with Crippen molar-refractivity contribution in [1.29, 1.82) is 0 Å². The molecule has 14 heavy (non-hydrogen) atoms. The molecule has 1 heteroatoms. The summed E-state index contributed by atoms with van der Waals surface area (Å²) in [7, 11) is 0. The Kier molecular flexibility index (Phi) is 2.06. The summed E-state index contributed by atoms with van der Waals surface area (Å²) >= 11 is 0. The van der Waals surface area contributed by atoms with E-state index in [1.165, 1.54) is 11.1 Å². The van der Waals surface area contributed by atoms with Crippen LogP contribution >= 0.6 is 0 Å². The zero-order valence-corrected chi connectivity index (χ0v) is 9.42. The Hall–Kier alpha value is -0.980. The van der Waals surface area contributed by atoms with Crippen LogP contribution in [0.15, 0.2) is 18.2 Å². The molecule has 1 heterocycles. The zero-order chi connectivity index (χ0) is 10.3. The van der Waals surface area contributed by atoms with Gasteiger partial charge in [-0.3, -0.25) is 0 Å². The molecule has 0 radical (unpaired) electrons. The molecule has 0 aliphatic carbocycles. The Morgan fingerprint density at radius 1 is 1.29 bits per heavy atom. The van der Waals surface area contributed by atoms with Gasteiger partial charge >= 0.3 is 0 Å². The van der Waals surface area contributed by atoms with E-state index in [-0.39, 0.29) is 0 Å². The minimum atomic E-state index is 0.291. The molecule has 2 rings (SSSR count). The van der Waals surface area contributed by atoms with Gasteiger partial charge in [-0.15, -0.1) is 0 Å². The molecule has 0 saturated heterocycles. The molecule has 1 aromatic rings. The summed E-state index contributed by atoms with van der Waals surface area (Å²) in [4.78, 5) is 0. The fraction of sp³-hybridized carbons (Fsp3) is 0.538. The third-order valence-corrected chi connectivity index (χ3v) is 3.06. The fourth-order valence-corrected chi connectivity index (χ4v) is 2.12. The number of aryl methyl sites for hydroxylation is 1. The van der Waals surface area contributed by atoms with E-state index in [4.69, 9.17) is 4.74 Å². The van der Waals surface area contributed by atoms with Gasteiger partial charge in [0.05, 0.1) is 6.61 Å². The molecule has 1 nitrogen and oxygen atoms in total. The average molecular weight is 190 g/mol. The topological polar surface area (TPSA) is 9.23 Å². The summed E-state index contributed by atoms with van der Waals surface area (Å²) in [6, 6.07) is 6.44. The summed E-state index contributed by atoms with van der Waals surface area (Å²) in [5, 5.41) is 0. The summed E-state index contributed by atoms with van der Waals surface area (Å²) < 4.78 is 5.77. The Labute approximate surface area is 86.1 Å². The fourth-order valence-electron chi connectivity index (χ4n) is 2.12. The highest BCUT2D eigenvalue weighted by molar-refractivity contribution is 5.46. The minimum absolute atomic E-state index is 0.291. The maximum absolute atomic E-state index is 5.77. The van der Waals surface area contributed by atoms with Crippen LogP contribution in [0.3, 0.4) is 0 Å². The molecule has 1 aromatic carbocycles. The molecular formula is C13H18O. The van der Waals surface area contributed by atoms with Crippen LogP contribution in [0.4, 0.5) is 0 Å². The summed E-state index contributed by atoms with van der Waals surface area (Å²) in [6.07, 6.45) is 0. The Morgan fingerprint density at radius 2 is 2.00 bits per heavy atom. The first kappa shape index (κ1) is 9.57. The van der Waals surface area contributed by atoms with Gasteiger partial charge in [0.1, 0.15) is 5.75 Å². The predicted molar refractivity (Wildman–Crippen MR) is 58.9 cm³/mol. The van der Waals surface area contributed by atoms with Crippen molar-refractivity contribution < 1.29 is 4.74 Å². The van der Waals surface area contributed by atoms with Gasteiger partial charge in [-0.2, -0.15) is 0 Å². The Bertz CT molecular complexity index is 347. The van der Waals surface area contributed by atoms with Crippen LogP contribution in [0.2, 0.25) is 0 Å². The van der Waals surface area contributed by atoms with Gasteiger partial charge in [0, 0.05) is 11.5 Å². The Morgan fingerprint density at radius 3 is 2.64 bits per heavy atom. The first-order valence-electron chi connectivity index (χ1n) is 5.22. The molecule has 1 aliphatic rings. The standard InChI is InChI=1S/C13H18O/c1-9-6-5-7-10-11(13(2,3)4)8-14-12(9)10/h5-7,11H,8H2,1-4H3. The maximum atomic E-state index is 5.77. The number of fused-ring (bicyclic) bond motifs is 1. The largest absolute Gasteiger partial charge is 0.492 e. The molecule has 0 spiro atoms. The summed E-state index contributed by atoms with van der Waals surface area (Å²) in [5.74, 6) is 1.66. The second-order valence-corrected chi connectivity index (χ2v) is 5.22. The smallest absolute Gasteiger partial charge is 0.125 e. The van der Waals surface area contributed by atoms with E-state index in [2.05, 4.69) is 45.9 Å². The number of ether oxygens (including phenoxy) is 1. The average Bonchev–Trinajstić information content (AvgIpc) is 2.47. The first-order chi connectivity index (χ1) is 6.50. The highest BCUT2D eigenvalue weighted by Crippen LogP contribution is 2.45. The van der Waals surface area contributed by atoms with Crippen LogP contribution in [0.5, 0.6) is 5.75 Å². The van der Waals surface area contributed by atoms with Crippen LogP contribution in [-0.4, -0.2) is 6.61 Å². The van der Waals surface area contributed by atoms with Gasteiger partial charge in [-0.25, -0.2) is 0 Å². The van der Waals surface area contributed by atoms with Crippen molar-refractivity contribution in [3.63, 3.8) is 0 Å². The summed E-state index contributed by atoms with van der Waals surface area (Å²) in [6.45, 7) is 9.78. The predicted octanol–water partition coefficient (Wildman–Crippen LogP) is 3.52. The van der Waals surface area contributed by atoms with E-state index in [9.17, 15) is 0 Å². The van der Waals surface area contributed by atoms with E-state index in [1.54, 1.807) is 0 Å². The van der Waals surface area contributed by atoms with Crippen molar-refractivity contribution in [3.05, 3.63) is 29.3 Å². The quantitative estimate of drug-likeness (QED) is 0.608. The molecule has 0 fully saturated rings. The molecule has 1 unspecified atom stereocenters. The SMILES string of the molecule is Cc1cccc2c1OCC2C(C)(C)C. The van der Waals surface area contributed by atoms with Gasteiger partial charge in [-0.05, 0) is 17.9 Å². The number of hydrogen-bond donors (Lipinski definition) is 0.